The fourth-order valence-electron chi connectivity index (χ4n) is 5.39. The Balaban J connectivity index is 1.53. The van der Waals surface area contributed by atoms with E-state index in [0.717, 1.165) is 71.1 Å². The average Bonchev–Trinajstić information content (AvgIpc) is 2.97. The molecule has 0 spiro atoms. The van der Waals surface area contributed by atoms with Gasteiger partial charge in [-0.2, -0.15) is 11.8 Å². The Bertz CT molecular complexity index is 1540. The molecule has 1 aromatic heterocycles. The number of aromatic nitrogens is 1. The van der Waals surface area contributed by atoms with E-state index in [1.165, 1.54) is 5.56 Å². The maximum atomic E-state index is 12.0. The number of nitrogens with zero attached hydrogens (tertiary/aromatic N) is 1. The molecular weight excluding hydrogens is 574 g/mol. The fraction of sp³-hybridized carbons (Fsp3) is 0.351. The van der Waals surface area contributed by atoms with Crippen LogP contribution in [0.15, 0.2) is 78.9 Å². The van der Waals surface area contributed by atoms with Crippen molar-refractivity contribution < 1.29 is 15.0 Å². The number of carboxylic acid groups (broad SMARTS) is 1. The van der Waals surface area contributed by atoms with Crippen LogP contribution in [0.4, 0.5) is 0 Å². The van der Waals surface area contributed by atoms with E-state index in [1.54, 1.807) is 0 Å². The van der Waals surface area contributed by atoms with Crippen LogP contribution in [0.3, 0.4) is 0 Å². The van der Waals surface area contributed by atoms with Gasteiger partial charge in [0.15, 0.2) is 0 Å². The molecule has 2 N–H and O–H groups in total. The lowest BCUT2D eigenvalue weighted by Gasteiger charge is -2.21. The number of pyridine rings is 1. The molecule has 0 aliphatic carbocycles. The molecule has 2 unspecified atom stereocenters. The third kappa shape index (κ3) is 9.96. The summed E-state index contributed by atoms with van der Waals surface area (Å²) in [6.45, 7) is 5.66. The zero-order chi connectivity index (χ0) is 30.8. The van der Waals surface area contributed by atoms with E-state index < -0.39 is 17.5 Å². The first-order chi connectivity index (χ1) is 20.6. The second-order valence-corrected chi connectivity index (χ2v) is 13.5. The standard InChI is InChI=1S/C37H42ClNO3S/c1-4-32(36(40)41)33-13-6-5-11-27(33)17-21-35(43-23-8-7-22-37(2,3)42)29-12-9-10-26(24-29)14-19-31-20-16-28-15-18-30(38)25-34(28)39-31/h5-6,9-16,18-20,24-25,32,35,42H,4,7-8,17,21-23H2,1-3H3,(H,40,41). The first-order valence-corrected chi connectivity index (χ1v) is 16.5. The van der Waals surface area contributed by atoms with Gasteiger partial charge in [-0.25, -0.2) is 4.98 Å². The van der Waals surface area contributed by atoms with E-state index in [9.17, 15) is 15.0 Å². The zero-order valence-electron chi connectivity index (χ0n) is 25.3. The van der Waals surface area contributed by atoms with Crippen LogP contribution >= 0.6 is 23.4 Å². The highest BCUT2D eigenvalue weighted by molar-refractivity contribution is 7.99. The Kier molecular flexibility index (Phi) is 11.9. The number of carboxylic acids is 1. The SMILES string of the molecule is CCC(C(=O)O)c1ccccc1CCC(SCCCCC(C)(C)O)c1cccc(C=Cc2ccc3ccc(Cl)cc3n2)c1. The molecule has 1 heterocycles. The van der Waals surface area contributed by atoms with Gasteiger partial charge in [0.05, 0.1) is 22.7 Å². The summed E-state index contributed by atoms with van der Waals surface area (Å²) >= 11 is 8.13. The van der Waals surface area contributed by atoms with Gasteiger partial charge >= 0.3 is 5.97 Å². The van der Waals surface area contributed by atoms with Gasteiger partial charge in [0.1, 0.15) is 0 Å². The van der Waals surface area contributed by atoms with E-state index in [0.29, 0.717) is 11.4 Å². The molecule has 0 bridgehead atoms. The van der Waals surface area contributed by atoms with Gasteiger partial charge in [0.25, 0.3) is 0 Å². The monoisotopic (exact) mass is 615 g/mol. The second kappa shape index (κ2) is 15.6. The number of unbranched alkanes of at least 4 members (excludes halogenated alkanes) is 1. The van der Waals surface area contributed by atoms with Crippen LogP contribution in [0.2, 0.25) is 5.02 Å². The number of aliphatic hydroxyl groups is 1. The minimum atomic E-state index is -0.767. The summed E-state index contributed by atoms with van der Waals surface area (Å²) in [7, 11) is 0. The third-order valence-electron chi connectivity index (χ3n) is 7.72. The van der Waals surface area contributed by atoms with Gasteiger partial charge < -0.3 is 10.2 Å². The van der Waals surface area contributed by atoms with Gasteiger partial charge in [-0.05, 0) is 105 Å². The first kappa shape index (κ1) is 32.8. The van der Waals surface area contributed by atoms with Crippen LogP contribution < -0.4 is 0 Å². The molecule has 0 aliphatic rings. The van der Waals surface area contributed by atoms with Crippen molar-refractivity contribution in [3.05, 3.63) is 112 Å². The molecule has 4 rings (SSSR count). The molecule has 2 atom stereocenters. The van der Waals surface area contributed by atoms with E-state index in [-0.39, 0.29) is 5.25 Å². The summed E-state index contributed by atoms with van der Waals surface area (Å²) < 4.78 is 0. The summed E-state index contributed by atoms with van der Waals surface area (Å²) in [5.41, 5.74) is 5.51. The highest BCUT2D eigenvalue weighted by Gasteiger charge is 2.21. The van der Waals surface area contributed by atoms with Crippen molar-refractivity contribution in [2.24, 2.45) is 0 Å². The number of hydrogen-bond donors (Lipinski definition) is 2. The third-order valence-corrected chi connectivity index (χ3v) is 9.39. The predicted octanol–water partition coefficient (Wildman–Crippen LogP) is 9.99. The summed E-state index contributed by atoms with van der Waals surface area (Å²) in [5.74, 6) is -0.257. The maximum absolute atomic E-state index is 12.0. The molecule has 0 saturated carbocycles. The van der Waals surface area contributed by atoms with Crippen LogP contribution in [0.25, 0.3) is 23.1 Å². The van der Waals surface area contributed by atoms with Crippen LogP contribution in [0, 0.1) is 0 Å². The van der Waals surface area contributed by atoms with Gasteiger partial charge in [-0.3, -0.25) is 4.79 Å². The van der Waals surface area contributed by atoms with E-state index >= 15 is 0 Å². The molecule has 43 heavy (non-hydrogen) atoms. The topological polar surface area (TPSA) is 70.4 Å². The number of hydrogen-bond acceptors (Lipinski definition) is 4. The van der Waals surface area contributed by atoms with E-state index in [1.807, 2.05) is 81.1 Å². The first-order valence-electron chi connectivity index (χ1n) is 15.1. The summed E-state index contributed by atoms with van der Waals surface area (Å²) in [5, 5.41) is 21.9. The van der Waals surface area contributed by atoms with Crippen LogP contribution in [0.5, 0.6) is 0 Å². The molecule has 0 saturated heterocycles. The lowest BCUT2D eigenvalue weighted by molar-refractivity contribution is -0.138. The molecule has 6 heteroatoms. The molecule has 0 aliphatic heterocycles. The van der Waals surface area contributed by atoms with Crippen molar-refractivity contribution in [3.8, 4) is 0 Å². The summed E-state index contributed by atoms with van der Waals surface area (Å²) in [6.07, 6.45) is 9.22. The number of rotatable bonds is 15. The predicted molar refractivity (Wildman–Crippen MR) is 183 cm³/mol. The highest BCUT2D eigenvalue weighted by atomic mass is 35.5. The number of aryl methyl sites for hydroxylation is 1. The number of benzene rings is 3. The average molecular weight is 616 g/mol. The van der Waals surface area contributed by atoms with Crippen molar-refractivity contribution in [1.82, 2.24) is 4.98 Å². The molecule has 0 amide bonds. The van der Waals surface area contributed by atoms with Crippen molar-refractivity contribution in [2.45, 2.75) is 76.1 Å². The second-order valence-electron chi connectivity index (χ2n) is 11.7. The van der Waals surface area contributed by atoms with Crippen molar-refractivity contribution in [1.29, 1.82) is 0 Å². The Morgan fingerprint density at radius 3 is 2.56 bits per heavy atom. The maximum Gasteiger partial charge on any atom is 0.310 e. The highest BCUT2D eigenvalue weighted by Crippen LogP contribution is 2.36. The summed E-state index contributed by atoms with van der Waals surface area (Å²) in [4.78, 5) is 16.7. The van der Waals surface area contributed by atoms with Crippen molar-refractivity contribution in [3.63, 3.8) is 0 Å². The van der Waals surface area contributed by atoms with Gasteiger partial charge in [-0.1, -0.05) is 85.3 Å². The normalized spacial score (nSPS) is 13.4. The van der Waals surface area contributed by atoms with Gasteiger partial charge in [0.2, 0.25) is 0 Å². The molecule has 4 nitrogen and oxygen atoms in total. The largest absolute Gasteiger partial charge is 0.481 e. The van der Waals surface area contributed by atoms with Crippen LogP contribution in [-0.2, 0) is 11.2 Å². The molecular formula is C37H42ClNO3S. The minimum absolute atomic E-state index is 0.259. The van der Waals surface area contributed by atoms with E-state index in [2.05, 4.69) is 42.5 Å². The Hall–Kier alpha value is -3.12. The Morgan fingerprint density at radius 1 is 1.00 bits per heavy atom. The molecule has 0 radical (unpaired) electrons. The molecule has 0 fully saturated rings. The Morgan fingerprint density at radius 2 is 1.79 bits per heavy atom. The molecule has 3 aromatic carbocycles. The van der Waals surface area contributed by atoms with E-state index in [4.69, 9.17) is 16.6 Å². The number of thioether (sulfide) groups is 1. The smallest absolute Gasteiger partial charge is 0.310 e. The van der Waals surface area contributed by atoms with Crippen LogP contribution in [0.1, 0.15) is 92.0 Å². The quantitative estimate of drug-likeness (QED) is 0.130. The van der Waals surface area contributed by atoms with Crippen LogP contribution in [-0.4, -0.2) is 32.5 Å². The van der Waals surface area contributed by atoms with Gasteiger partial charge in [0, 0.05) is 15.7 Å². The lowest BCUT2D eigenvalue weighted by Crippen LogP contribution is -2.17. The number of halogens is 1. The lowest BCUT2D eigenvalue weighted by atomic mass is 9.89. The minimum Gasteiger partial charge on any atom is -0.481 e. The Labute approximate surface area is 265 Å². The number of carbonyl (C=O) groups is 1. The summed E-state index contributed by atoms with van der Waals surface area (Å²) in [6, 6.07) is 26.5. The molecule has 4 aromatic rings. The molecule has 226 valence electrons. The fourth-order valence-corrected chi connectivity index (χ4v) is 6.84. The van der Waals surface area contributed by atoms with Crippen molar-refractivity contribution >= 4 is 52.4 Å². The number of fused-ring (bicyclic) bond motifs is 1. The van der Waals surface area contributed by atoms with Crippen molar-refractivity contribution in [2.75, 3.05) is 5.75 Å². The van der Waals surface area contributed by atoms with Gasteiger partial charge in [-0.15, -0.1) is 0 Å². The zero-order valence-corrected chi connectivity index (χ0v) is 26.9. The number of aliphatic carboxylic acids is 1.